The number of fused-ring (bicyclic) bond motifs is 1. The van der Waals surface area contributed by atoms with Crippen LogP contribution in [-0.4, -0.2) is 41.5 Å². The molecule has 0 N–H and O–H groups in total. The van der Waals surface area contributed by atoms with E-state index in [1.165, 1.54) is 4.90 Å². The summed E-state index contributed by atoms with van der Waals surface area (Å²) in [6, 6.07) is 15.1. The van der Waals surface area contributed by atoms with E-state index in [4.69, 9.17) is 9.47 Å². The summed E-state index contributed by atoms with van der Waals surface area (Å²) < 4.78 is 10.9. The number of amides is 2. The van der Waals surface area contributed by atoms with Crippen LogP contribution >= 0.6 is 11.3 Å². The van der Waals surface area contributed by atoms with Crippen molar-refractivity contribution in [2.75, 3.05) is 19.9 Å². The predicted molar refractivity (Wildman–Crippen MR) is 133 cm³/mol. The van der Waals surface area contributed by atoms with E-state index in [-0.39, 0.29) is 31.7 Å². The molecule has 0 fully saturated rings. The van der Waals surface area contributed by atoms with Crippen LogP contribution in [0.15, 0.2) is 66.6 Å². The molecule has 6 nitrogen and oxygen atoms in total. The number of aryl methyl sites for hydroxylation is 2. The molecule has 0 atom stereocenters. The predicted octanol–water partition coefficient (Wildman–Crippen LogP) is 4.95. The van der Waals surface area contributed by atoms with Crippen molar-refractivity contribution in [3.63, 3.8) is 0 Å². The van der Waals surface area contributed by atoms with Gasteiger partial charge in [-0.25, -0.2) is 0 Å². The average molecular weight is 477 g/mol. The first-order valence-corrected chi connectivity index (χ1v) is 12.0. The van der Waals surface area contributed by atoms with Gasteiger partial charge in [-0.05, 0) is 60.7 Å². The standard InChI is InChI=1S/C27H28N2O4S/c1-4-12-28(27(31)22-8-5-19(2)6-9-22)17-26(30)29(16-25-20(3)11-13-34-25)15-21-7-10-23-24(14-21)33-18-32-23/h4-11,13-14H,1,12,15-18H2,2-3H3. The Kier molecular flexibility index (Phi) is 7.33. The summed E-state index contributed by atoms with van der Waals surface area (Å²) in [6.07, 6.45) is 1.64. The molecule has 0 radical (unpaired) electrons. The van der Waals surface area contributed by atoms with Crippen LogP contribution in [0.5, 0.6) is 11.5 Å². The molecule has 3 aromatic rings. The van der Waals surface area contributed by atoms with Crippen LogP contribution in [0.1, 0.15) is 31.9 Å². The number of benzene rings is 2. The molecule has 7 heteroatoms. The number of hydrogen-bond acceptors (Lipinski definition) is 5. The third-order valence-electron chi connectivity index (χ3n) is 5.73. The lowest BCUT2D eigenvalue weighted by molar-refractivity contribution is -0.133. The molecule has 0 unspecified atom stereocenters. The van der Waals surface area contributed by atoms with E-state index >= 15 is 0 Å². The van der Waals surface area contributed by atoms with Crippen molar-refractivity contribution >= 4 is 23.2 Å². The first-order chi connectivity index (χ1) is 16.4. The highest BCUT2D eigenvalue weighted by Crippen LogP contribution is 2.33. The SMILES string of the molecule is C=CCN(CC(=O)N(Cc1ccc2c(c1)OCO2)Cc1sccc1C)C(=O)c1ccc(C)cc1. The molecule has 0 bridgehead atoms. The van der Waals surface area contributed by atoms with Gasteiger partial charge in [0, 0.05) is 23.5 Å². The lowest BCUT2D eigenvalue weighted by Crippen LogP contribution is -2.42. The minimum absolute atomic E-state index is 0.0340. The van der Waals surface area contributed by atoms with Crippen LogP contribution in [0.3, 0.4) is 0 Å². The molecule has 4 rings (SSSR count). The first kappa shape index (κ1) is 23.6. The van der Waals surface area contributed by atoms with Crippen LogP contribution in [0.4, 0.5) is 0 Å². The van der Waals surface area contributed by atoms with Crippen molar-refractivity contribution in [3.8, 4) is 11.5 Å². The van der Waals surface area contributed by atoms with Crippen molar-refractivity contribution < 1.29 is 19.1 Å². The number of rotatable bonds is 9. The molecule has 2 amide bonds. The van der Waals surface area contributed by atoms with Gasteiger partial charge in [-0.2, -0.15) is 0 Å². The van der Waals surface area contributed by atoms with Crippen LogP contribution < -0.4 is 9.47 Å². The molecule has 0 aliphatic carbocycles. The van der Waals surface area contributed by atoms with Crippen molar-refractivity contribution in [2.24, 2.45) is 0 Å². The third kappa shape index (κ3) is 5.48. The Morgan fingerprint density at radius 1 is 1.00 bits per heavy atom. The summed E-state index contributed by atoms with van der Waals surface area (Å²) in [5.74, 6) is 1.06. The number of ether oxygens (including phenoxy) is 2. The van der Waals surface area contributed by atoms with Crippen LogP contribution in [0, 0.1) is 13.8 Å². The van der Waals surface area contributed by atoms with Gasteiger partial charge in [-0.3, -0.25) is 9.59 Å². The van der Waals surface area contributed by atoms with Gasteiger partial charge in [0.25, 0.3) is 5.91 Å². The fourth-order valence-corrected chi connectivity index (χ4v) is 4.67. The van der Waals surface area contributed by atoms with E-state index in [2.05, 4.69) is 6.58 Å². The van der Waals surface area contributed by atoms with Crippen molar-refractivity contribution in [1.29, 1.82) is 0 Å². The summed E-state index contributed by atoms with van der Waals surface area (Å²) in [5.41, 5.74) is 3.71. The second-order valence-corrected chi connectivity index (χ2v) is 9.31. The zero-order chi connectivity index (χ0) is 24.1. The maximum absolute atomic E-state index is 13.5. The number of hydrogen-bond donors (Lipinski definition) is 0. The Balaban J connectivity index is 1.55. The quantitative estimate of drug-likeness (QED) is 0.410. The van der Waals surface area contributed by atoms with Gasteiger partial charge in [-0.15, -0.1) is 17.9 Å². The Morgan fingerprint density at radius 3 is 2.47 bits per heavy atom. The number of nitrogens with zero attached hydrogens (tertiary/aromatic N) is 2. The molecular weight excluding hydrogens is 448 g/mol. The highest BCUT2D eigenvalue weighted by Gasteiger charge is 2.23. The fraction of sp³-hybridized carbons (Fsp3) is 0.259. The molecule has 1 aliphatic heterocycles. The molecule has 1 aliphatic rings. The highest BCUT2D eigenvalue weighted by molar-refractivity contribution is 7.10. The summed E-state index contributed by atoms with van der Waals surface area (Å²) in [5, 5.41) is 2.03. The smallest absolute Gasteiger partial charge is 0.254 e. The van der Waals surface area contributed by atoms with E-state index in [0.717, 1.165) is 21.6 Å². The molecular formula is C27H28N2O4S. The largest absolute Gasteiger partial charge is 0.454 e. The molecule has 2 heterocycles. The van der Waals surface area contributed by atoms with Crippen molar-refractivity contribution in [2.45, 2.75) is 26.9 Å². The van der Waals surface area contributed by atoms with Gasteiger partial charge in [0.2, 0.25) is 12.7 Å². The molecule has 1 aromatic heterocycles. The summed E-state index contributed by atoms with van der Waals surface area (Å²) in [6.45, 7) is 9.11. The van der Waals surface area contributed by atoms with Crippen molar-refractivity contribution in [3.05, 3.63) is 93.7 Å². The van der Waals surface area contributed by atoms with Crippen molar-refractivity contribution in [1.82, 2.24) is 9.80 Å². The molecule has 0 spiro atoms. The van der Waals surface area contributed by atoms with Gasteiger partial charge in [0.15, 0.2) is 11.5 Å². The van der Waals surface area contributed by atoms with Gasteiger partial charge >= 0.3 is 0 Å². The lowest BCUT2D eigenvalue weighted by atomic mass is 10.1. The minimum Gasteiger partial charge on any atom is -0.454 e. The Hall–Kier alpha value is -3.58. The van der Waals surface area contributed by atoms with E-state index in [0.29, 0.717) is 30.2 Å². The Morgan fingerprint density at radius 2 is 1.76 bits per heavy atom. The number of thiophene rings is 1. The fourth-order valence-electron chi connectivity index (χ4n) is 3.75. The number of carbonyl (C=O) groups excluding carboxylic acids is 2. The molecule has 34 heavy (non-hydrogen) atoms. The lowest BCUT2D eigenvalue weighted by Gasteiger charge is -2.27. The van der Waals surface area contributed by atoms with E-state index in [1.54, 1.807) is 34.4 Å². The second-order valence-electron chi connectivity index (χ2n) is 8.30. The Labute approximate surface area is 204 Å². The molecule has 2 aromatic carbocycles. The van der Waals surface area contributed by atoms with E-state index < -0.39 is 0 Å². The highest BCUT2D eigenvalue weighted by atomic mass is 32.1. The van der Waals surface area contributed by atoms with E-state index in [1.807, 2.05) is 55.6 Å². The maximum Gasteiger partial charge on any atom is 0.254 e. The normalized spacial score (nSPS) is 11.8. The maximum atomic E-state index is 13.5. The zero-order valence-corrected chi connectivity index (χ0v) is 20.3. The monoisotopic (exact) mass is 476 g/mol. The summed E-state index contributed by atoms with van der Waals surface area (Å²) in [4.78, 5) is 31.1. The van der Waals surface area contributed by atoms with Crippen LogP contribution in [0.25, 0.3) is 0 Å². The average Bonchev–Trinajstić information content (AvgIpc) is 3.46. The van der Waals surface area contributed by atoms with E-state index in [9.17, 15) is 9.59 Å². The molecule has 0 saturated carbocycles. The summed E-state index contributed by atoms with van der Waals surface area (Å²) >= 11 is 1.62. The molecule has 0 saturated heterocycles. The summed E-state index contributed by atoms with van der Waals surface area (Å²) in [7, 11) is 0. The van der Waals surface area contributed by atoms with Gasteiger partial charge in [-0.1, -0.05) is 29.8 Å². The third-order valence-corrected chi connectivity index (χ3v) is 6.73. The van der Waals surface area contributed by atoms with Gasteiger partial charge < -0.3 is 19.3 Å². The second kappa shape index (κ2) is 10.6. The minimum atomic E-state index is -0.191. The molecule has 176 valence electrons. The Bertz CT molecular complexity index is 1190. The van der Waals surface area contributed by atoms with Gasteiger partial charge in [0.05, 0.1) is 6.54 Å². The van der Waals surface area contributed by atoms with Gasteiger partial charge in [0.1, 0.15) is 6.54 Å². The topological polar surface area (TPSA) is 59.1 Å². The van der Waals surface area contributed by atoms with Crippen LogP contribution in [0.2, 0.25) is 0 Å². The van der Waals surface area contributed by atoms with Crippen LogP contribution in [-0.2, 0) is 17.9 Å². The first-order valence-electron chi connectivity index (χ1n) is 11.1. The number of carbonyl (C=O) groups is 2. The zero-order valence-electron chi connectivity index (χ0n) is 19.5.